The minimum absolute atomic E-state index is 0.0803. The van der Waals surface area contributed by atoms with Crippen LogP contribution in [0.15, 0.2) is 18.2 Å². The minimum atomic E-state index is -1.41. The number of nitriles is 1. The maximum absolute atomic E-state index is 12.0. The van der Waals surface area contributed by atoms with E-state index in [1.807, 2.05) is 5.32 Å². The number of hydrogen-bond acceptors (Lipinski definition) is 9. The molecule has 0 spiro atoms. The normalized spacial score (nSPS) is 13.9. The standard InChI is InChI=1S/C20H19Cl3N6O4/c1-2-32-20(31)25-19(30)15(9-24)27-26-11-6-13(21)17(14(22)7-11)33-16-8-12(10-4-3-5-10)18(23)29-28-16/h6-8,10,15,26-27H,2-5H2,1H3,(H,25,30,31). The van der Waals surface area contributed by atoms with Gasteiger partial charge < -0.3 is 14.9 Å². The summed E-state index contributed by atoms with van der Waals surface area (Å²) in [7, 11) is 0. The van der Waals surface area contributed by atoms with Crippen LogP contribution in [0.4, 0.5) is 10.5 Å². The number of amides is 2. The predicted octanol–water partition coefficient (Wildman–Crippen LogP) is 4.58. The Balaban J connectivity index is 1.67. The number of rotatable bonds is 8. The maximum atomic E-state index is 12.0. The van der Waals surface area contributed by atoms with Gasteiger partial charge in [-0.3, -0.25) is 10.1 Å². The topological polar surface area (TPSA) is 138 Å². The molecule has 0 bridgehead atoms. The first-order chi connectivity index (χ1) is 15.8. The third-order valence-electron chi connectivity index (χ3n) is 4.76. The number of anilines is 1. The van der Waals surface area contributed by atoms with E-state index in [4.69, 9.17) is 39.5 Å². The molecule has 1 aliphatic carbocycles. The van der Waals surface area contributed by atoms with Crippen molar-refractivity contribution >= 4 is 52.5 Å². The average Bonchev–Trinajstić information content (AvgIpc) is 2.72. The van der Waals surface area contributed by atoms with Crippen LogP contribution >= 0.6 is 34.8 Å². The summed E-state index contributed by atoms with van der Waals surface area (Å²) in [4.78, 5) is 23.3. The van der Waals surface area contributed by atoms with Gasteiger partial charge in [-0.1, -0.05) is 41.2 Å². The summed E-state index contributed by atoms with van der Waals surface area (Å²) >= 11 is 18.8. The van der Waals surface area contributed by atoms with E-state index in [1.165, 1.54) is 12.1 Å². The lowest BCUT2D eigenvalue weighted by Gasteiger charge is -2.26. The molecule has 33 heavy (non-hydrogen) atoms. The van der Waals surface area contributed by atoms with Crippen LogP contribution in [-0.4, -0.2) is 34.8 Å². The van der Waals surface area contributed by atoms with Gasteiger partial charge in [0.05, 0.1) is 28.4 Å². The van der Waals surface area contributed by atoms with Crippen LogP contribution in [0.5, 0.6) is 11.6 Å². The molecule has 0 radical (unpaired) electrons. The number of nitrogens with one attached hydrogen (secondary N) is 3. The molecule has 2 amide bonds. The van der Waals surface area contributed by atoms with Gasteiger partial charge in [0.2, 0.25) is 5.88 Å². The molecule has 174 valence electrons. The third kappa shape index (κ3) is 6.36. The van der Waals surface area contributed by atoms with E-state index in [0.29, 0.717) is 16.8 Å². The van der Waals surface area contributed by atoms with Gasteiger partial charge in [0.15, 0.2) is 16.9 Å². The fraction of sp³-hybridized carbons (Fsp3) is 0.350. The van der Waals surface area contributed by atoms with Crippen molar-refractivity contribution in [1.82, 2.24) is 20.9 Å². The van der Waals surface area contributed by atoms with E-state index in [-0.39, 0.29) is 28.3 Å². The van der Waals surface area contributed by atoms with Gasteiger partial charge in [-0.25, -0.2) is 10.2 Å². The Hall–Kier alpha value is -2.84. The van der Waals surface area contributed by atoms with Crippen LogP contribution in [0, 0.1) is 11.3 Å². The highest BCUT2D eigenvalue weighted by atomic mass is 35.5. The lowest BCUT2D eigenvalue weighted by atomic mass is 9.81. The molecule has 3 rings (SSSR count). The molecule has 1 fully saturated rings. The highest BCUT2D eigenvalue weighted by molar-refractivity contribution is 6.37. The van der Waals surface area contributed by atoms with Crippen LogP contribution in [0.1, 0.15) is 37.7 Å². The van der Waals surface area contributed by atoms with Gasteiger partial charge in [0.1, 0.15) is 0 Å². The van der Waals surface area contributed by atoms with Gasteiger partial charge >= 0.3 is 6.09 Å². The number of ether oxygens (including phenoxy) is 2. The Kier molecular flexibility index (Phi) is 8.52. The molecule has 1 unspecified atom stereocenters. The minimum Gasteiger partial charge on any atom is -0.450 e. The molecule has 1 aromatic carbocycles. The number of benzene rings is 1. The fourth-order valence-electron chi connectivity index (χ4n) is 2.91. The summed E-state index contributed by atoms with van der Waals surface area (Å²) < 4.78 is 10.4. The highest BCUT2D eigenvalue weighted by Gasteiger charge is 2.24. The number of hydrazine groups is 1. The first-order valence-electron chi connectivity index (χ1n) is 9.91. The van der Waals surface area contributed by atoms with Crippen molar-refractivity contribution in [2.75, 3.05) is 12.0 Å². The summed E-state index contributed by atoms with van der Waals surface area (Å²) in [5.41, 5.74) is 6.31. The molecule has 1 atom stereocenters. The fourth-order valence-corrected chi connectivity index (χ4v) is 3.72. The van der Waals surface area contributed by atoms with Gasteiger partial charge in [-0.05, 0) is 43.4 Å². The largest absolute Gasteiger partial charge is 0.450 e. The van der Waals surface area contributed by atoms with E-state index in [1.54, 1.807) is 19.1 Å². The molecule has 2 aromatic rings. The monoisotopic (exact) mass is 512 g/mol. The number of imide groups is 1. The zero-order chi connectivity index (χ0) is 24.0. The Bertz CT molecular complexity index is 1070. The van der Waals surface area contributed by atoms with Crippen molar-refractivity contribution in [3.8, 4) is 17.7 Å². The molecule has 1 saturated carbocycles. The second kappa shape index (κ2) is 11.3. The van der Waals surface area contributed by atoms with Gasteiger partial charge in [0.25, 0.3) is 5.91 Å². The Morgan fingerprint density at radius 2 is 1.91 bits per heavy atom. The number of alkyl carbamates (subject to hydrolysis) is 1. The molecule has 1 aromatic heterocycles. The SMILES string of the molecule is CCOC(=O)NC(=O)C(C#N)NNc1cc(Cl)c(Oc2cc(C3CCC3)c(Cl)nn2)c(Cl)c1. The average molecular weight is 514 g/mol. The summed E-state index contributed by atoms with van der Waals surface area (Å²) in [6.07, 6.45) is 2.24. The summed E-state index contributed by atoms with van der Waals surface area (Å²) in [6.45, 7) is 1.66. The summed E-state index contributed by atoms with van der Waals surface area (Å²) in [5.74, 6) is -0.224. The van der Waals surface area contributed by atoms with Crippen LogP contribution in [0.3, 0.4) is 0 Å². The predicted molar refractivity (Wildman–Crippen MR) is 121 cm³/mol. The molecular weight excluding hydrogens is 495 g/mol. The number of carbonyl (C=O) groups is 2. The molecular formula is C20H19Cl3N6O4. The number of halogens is 3. The lowest BCUT2D eigenvalue weighted by molar-refractivity contribution is -0.121. The Morgan fingerprint density at radius 1 is 1.21 bits per heavy atom. The van der Waals surface area contributed by atoms with Crippen molar-refractivity contribution in [2.24, 2.45) is 0 Å². The number of nitrogens with zero attached hydrogens (tertiary/aromatic N) is 3. The first kappa shape index (κ1) is 24.8. The maximum Gasteiger partial charge on any atom is 0.413 e. The van der Waals surface area contributed by atoms with Crippen LogP contribution in [0.2, 0.25) is 15.2 Å². The lowest BCUT2D eigenvalue weighted by Crippen LogP contribution is -2.47. The van der Waals surface area contributed by atoms with Gasteiger partial charge in [0, 0.05) is 6.07 Å². The summed E-state index contributed by atoms with van der Waals surface area (Å²) in [6, 6.07) is 4.95. The Morgan fingerprint density at radius 3 is 2.48 bits per heavy atom. The smallest absolute Gasteiger partial charge is 0.413 e. The van der Waals surface area contributed by atoms with Gasteiger partial charge in [-0.15, -0.1) is 10.2 Å². The molecule has 1 heterocycles. The number of carbonyl (C=O) groups excluding carboxylic acids is 2. The van der Waals surface area contributed by atoms with Gasteiger partial charge in [-0.2, -0.15) is 5.26 Å². The van der Waals surface area contributed by atoms with Crippen molar-refractivity contribution in [2.45, 2.75) is 38.1 Å². The first-order valence-corrected chi connectivity index (χ1v) is 11.0. The molecule has 13 heteroatoms. The third-order valence-corrected chi connectivity index (χ3v) is 5.61. The van der Waals surface area contributed by atoms with E-state index in [0.717, 1.165) is 24.8 Å². The molecule has 0 aliphatic heterocycles. The van der Waals surface area contributed by atoms with E-state index in [2.05, 4.69) is 25.8 Å². The number of hydrogen-bond donors (Lipinski definition) is 3. The van der Waals surface area contributed by atoms with Crippen molar-refractivity contribution in [3.63, 3.8) is 0 Å². The van der Waals surface area contributed by atoms with E-state index in [9.17, 15) is 14.9 Å². The molecule has 1 aliphatic rings. The number of aromatic nitrogens is 2. The highest BCUT2D eigenvalue weighted by Crippen LogP contribution is 2.42. The van der Waals surface area contributed by atoms with Crippen LogP contribution < -0.4 is 20.9 Å². The van der Waals surface area contributed by atoms with Crippen LogP contribution in [0.25, 0.3) is 0 Å². The molecule has 3 N–H and O–H groups in total. The second-order valence-corrected chi connectivity index (χ2v) is 8.14. The Labute approximate surface area is 204 Å². The zero-order valence-electron chi connectivity index (χ0n) is 17.3. The van der Waals surface area contributed by atoms with Crippen molar-refractivity contribution < 1.29 is 19.1 Å². The zero-order valence-corrected chi connectivity index (χ0v) is 19.6. The molecule has 10 nitrogen and oxygen atoms in total. The van der Waals surface area contributed by atoms with E-state index >= 15 is 0 Å². The second-order valence-electron chi connectivity index (χ2n) is 6.97. The van der Waals surface area contributed by atoms with Crippen LogP contribution in [-0.2, 0) is 9.53 Å². The molecule has 0 saturated heterocycles. The van der Waals surface area contributed by atoms with Crippen molar-refractivity contribution in [3.05, 3.63) is 39.0 Å². The quantitative estimate of drug-likeness (QED) is 0.433. The van der Waals surface area contributed by atoms with Crippen molar-refractivity contribution in [1.29, 1.82) is 5.26 Å². The summed E-state index contributed by atoms with van der Waals surface area (Å²) in [5, 5.41) is 19.6. The van der Waals surface area contributed by atoms with E-state index < -0.39 is 18.0 Å².